The maximum Gasteiger partial charge on any atom is 0.407 e. The number of ether oxygens (including phenoxy) is 1. The molecule has 1 aromatic heterocycles. The Morgan fingerprint density at radius 2 is 2.00 bits per heavy atom. The second kappa shape index (κ2) is 13.9. The van der Waals surface area contributed by atoms with Gasteiger partial charge in [0.2, 0.25) is 0 Å². The van der Waals surface area contributed by atoms with E-state index in [2.05, 4.69) is 45.1 Å². The Balaban J connectivity index is 1.89. The van der Waals surface area contributed by atoms with Crippen molar-refractivity contribution in [2.45, 2.75) is 64.0 Å². The number of nitrogens with two attached hydrogens (primary N) is 1. The Hall–Kier alpha value is -2.42. The number of benzene rings is 1. The van der Waals surface area contributed by atoms with E-state index >= 15 is 0 Å². The minimum absolute atomic E-state index is 0.0892. The molecule has 1 heterocycles. The molecule has 0 spiro atoms. The largest absolute Gasteiger partial charge is 0.449 e. The highest BCUT2D eigenvalue weighted by Gasteiger charge is 2.20. The molecular formula is C24H39N5O3. The first-order valence-electron chi connectivity index (χ1n) is 11.5. The van der Waals surface area contributed by atoms with Gasteiger partial charge >= 0.3 is 6.09 Å². The number of aliphatic hydroxyl groups excluding tert-OH is 1. The first kappa shape index (κ1) is 25.8. The molecule has 0 aliphatic carbocycles. The van der Waals surface area contributed by atoms with Gasteiger partial charge in [0.15, 0.2) is 0 Å². The van der Waals surface area contributed by atoms with Gasteiger partial charge in [-0.15, -0.1) is 0 Å². The van der Waals surface area contributed by atoms with E-state index in [-0.39, 0.29) is 24.8 Å². The molecule has 1 unspecified atom stereocenters. The van der Waals surface area contributed by atoms with E-state index in [0.717, 1.165) is 36.9 Å². The number of carbonyl (C=O) groups excluding carboxylic acids is 1. The zero-order valence-corrected chi connectivity index (χ0v) is 19.4. The topological polar surface area (TPSA) is 125 Å². The Labute approximate surface area is 191 Å². The molecule has 6 N–H and O–H groups in total. The van der Waals surface area contributed by atoms with Crippen molar-refractivity contribution in [3.8, 4) is 0 Å². The fraction of sp³-hybridized carbons (Fsp3) is 0.583. The van der Waals surface area contributed by atoms with Crippen LogP contribution in [-0.4, -0.2) is 53.2 Å². The summed E-state index contributed by atoms with van der Waals surface area (Å²) in [6.07, 6.45) is 6.31. The van der Waals surface area contributed by atoms with Gasteiger partial charge in [-0.1, -0.05) is 30.3 Å². The third-order valence-electron chi connectivity index (χ3n) is 5.16. The molecule has 32 heavy (non-hydrogen) atoms. The number of unbranched alkanes of at least 4 members (excludes halogenated alkanes) is 1. The molecule has 2 rings (SSSR count). The maximum atomic E-state index is 11.8. The van der Waals surface area contributed by atoms with Crippen LogP contribution in [0.2, 0.25) is 0 Å². The van der Waals surface area contributed by atoms with Crippen LogP contribution >= 0.6 is 0 Å². The predicted octanol–water partition coefficient (Wildman–Crippen LogP) is 2.84. The number of aliphatic hydroxyl groups is 1. The molecule has 8 nitrogen and oxygen atoms in total. The van der Waals surface area contributed by atoms with Crippen LogP contribution in [0.5, 0.6) is 0 Å². The Bertz CT molecular complexity index is 773. The van der Waals surface area contributed by atoms with Crippen LogP contribution in [0.3, 0.4) is 0 Å². The molecule has 178 valence electrons. The van der Waals surface area contributed by atoms with Crippen molar-refractivity contribution in [3.63, 3.8) is 0 Å². The fourth-order valence-corrected chi connectivity index (χ4v) is 3.44. The summed E-state index contributed by atoms with van der Waals surface area (Å²) in [5.74, 6) is 0. The molecule has 0 aliphatic rings. The molecule has 1 amide bonds. The molecule has 1 aromatic carbocycles. The molecule has 0 radical (unpaired) electrons. The summed E-state index contributed by atoms with van der Waals surface area (Å²) in [4.78, 5) is 11.8. The van der Waals surface area contributed by atoms with Crippen molar-refractivity contribution < 1.29 is 14.6 Å². The number of amides is 1. The molecule has 8 heteroatoms. The van der Waals surface area contributed by atoms with Crippen molar-refractivity contribution in [1.82, 2.24) is 20.8 Å². The number of carbonyl (C=O) groups is 1. The van der Waals surface area contributed by atoms with Crippen LogP contribution in [0.25, 0.3) is 0 Å². The van der Waals surface area contributed by atoms with Gasteiger partial charge in [-0.2, -0.15) is 5.10 Å². The van der Waals surface area contributed by atoms with Gasteiger partial charge in [0.1, 0.15) is 0 Å². The summed E-state index contributed by atoms with van der Waals surface area (Å²) in [5.41, 5.74) is 9.26. The summed E-state index contributed by atoms with van der Waals surface area (Å²) >= 11 is 0. The minimum Gasteiger partial charge on any atom is -0.449 e. The molecule has 1 atom stereocenters. The van der Waals surface area contributed by atoms with Gasteiger partial charge in [0.25, 0.3) is 0 Å². The first-order valence-corrected chi connectivity index (χ1v) is 11.5. The second-order valence-electron chi connectivity index (χ2n) is 8.85. The lowest BCUT2D eigenvalue weighted by molar-refractivity contribution is 0.147. The van der Waals surface area contributed by atoms with Crippen LogP contribution < -0.4 is 16.4 Å². The monoisotopic (exact) mass is 445 g/mol. The zero-order valence-electron chi connectivity index (χ0n) is 19.4. The molecule has 0 fully saturated rings. The summed E-state index contributed by atoms with van der Waals surface area (Å²) in [6, 6.07) is 10.6. The van der Waals surface area contributed by atoms with E-state index in [4.69, 9.17) is 15.6 Å². The Morgan fingerprint density at radius 1 is 1.22 bits per heavy atom. The van der Waals surface area contributed by atoms with E-state index in [9.17, 15) is 4.79 Å². The van der Waals surface area contributed by atoms with Gasteiger partial charge < -0.3 is 26.2 Å². The van der Waals surface area contributed by atoms with Gasteiger partial charge in [-0.05, 0) is 57.1 Å². The van der Waals surface area contributed by atoms with E-state index in [0.29, 0.717) is 25.9 Å². The normalized spacial score (nSPS) is 12.5. The number of hydrogen-bond acceptors (Lipinski definition) is 6. The number of aromatic nitrogens is 2. The summed E-state index contributed by atoms with van der Waals surface area (Å²) in [6.45, 7) is 5.58. The number of aryl methyl sites for hydroxylation is 1. The van der Waals surface area contributed by atoms with Gasteiger partial charge in [0.05, 0.1) is 18.5 Å². The third kappa shape index (κ3) is 10.3. The number of H-pyrrole nitrogens is 1. The highest BCUT2D eigenvalue weighted by molar-refractivity contribution is 5.67. The van der Waals surface area contributed by atoms with Crippen LogP contribution in [0, 0.1) is 0 Å². The SMILES string of the molecule is CC(C)(N)CNC(CCCc1ccccc1)c1[nH]ncc1CCOC(=O)NCCCCO. The second-order valence-corrected chi connectivity index (χ2v) is 8.85. The third-order valence-corrected chi connectivity index (χ3v) is 5.16. The van der Waals surface area contributed by atoms with Crippen LogP contribution in [0.4, 0.5) is 4.79 Å². The maximum absolute atomic E-state index is 11.8. The van der Waals surface area contributed by atoms with Crippen molar-refractivity contribution in [2.24, 2.45) is 5.73 Å². The summed E-state index contributed by atoms with van der Waals surface area (Å²) < 4.78 is 5.29. The number of aromatic amines is 1. The van der Waals surface area contributed by atoms with Crippen LogP contribution in [0.1, 0.15) is 62.4 Å². The Morgan fingerprint density at radius 3 is 2.72 bits per heavy atom. The van der Waals surface area contributed by atoms with Crippen molar-refractivity contribution >= 4 is 6.09 Å². The van der Waals surface area contributed by atoms with Crippen molar-refractivity contribution in [3.05, 3.63) is 53.3 Å². The first-order chi connectivity index (χ1) is 15.4. The Kier molecular flexibility index (Phi) is 11.2. The molecule has 0 aliphatic heterocycles. The highest BCUT2D eigenvalue weighted by Crippen LogP contribution is 2.22. The van der Waals surface area contributed by atoms with E-state index in [1.54, 1.807) is 6.20 Å². The van der Waals surface area contributed by atoms with Gasteiger partial charge in [-0.3, -0.25) is 5.10 Å². The van der Waals surface area contributed by atoms with Crippen LogP contribution in [-0.2, 0) is 17.6 Å². The van der Waals surface area contributed by atoms with E-state index in [1.165, 1.54) is 5.56 Å². The smallest absolute Gasteiger partial charge is 0.407 e. The van der Waals surface area contributed by atoms with Gasteiger partial charge in [0, 0.05) is 37.7 Å². The molecule has 0 saturated carbocycles. The van der Waals surface area contributed by atoms with Crippen molar-refractivity contribution in [1.29, 1.82) is 0 Å². The molecule has 0 bridgehead atoms. The van der Waals surface area contributed by atoms with Crippen molar-refractivity contribution in [2.75, 3.05) is 26.3 Å². The number of nitrogens with zero attached hydrogens (tertiary/aromatic N) is 1. The number of alkyl carbamates (subject to hydrolysis) is 1. The fourth-order valence-electron chi connectivity index (χ4n) is 3.44. The summed E-state index contributed by atoms with van der Waals surface area (Å²) in [5, 5.41) is 22.5. The van der Waals surface area contributed by atoms with Crippen LogP contribution in [0.15, 0.2) is 36.5 Å². The van der Waals surface area contributed by atoms with Gasteiger partial charge in [-0.25, -0.2) is 4.79 Å². The average molecular weight is 446 g/mol. The zero-order chi connectivity index (χ0) is 23.2. The molecular weight excluding hydrogens is 406 g/mol. The van der Waals surface area contributed by atoms with E-state index < -0.39 is 6.09 Å². The lowest BCUT2D eigenvalue weighted by Crippen LogP contribution is -2.44. The predicted molar refractivity (Wildman–Crippen MR) is 126 cm³/mol. The van der Waals surface area contributed by atoms with E-state index in [1.807, 2.05) is 19.9 Å². The number of nitrogens with one attached hydrogen (secondary N) is 3. The summed E-state index contributed by atoms with van der Waals surface area (Å²) in [7, 11) is 0. The lowest BCUT2D eigenvalue weighted by Gasteiger charge is -2.25. The minimum atomic E-state index is -0.435. The average Bonchev–Trinajstić information content (AvgIpc) is 3.22. The number of hydrogen-bond donors (Lipinski definition) is 5. The number of rotatable bonds is 15. The highest BCUT2D eigenvalue weighted by atomic mass is 16.5. The molecule has 0 saturated heterocycles. The quantitative estimate of drug-likeness (QED) is 0.269. The molecule has 2 aromatic rings. The lowest BCUT2D eigenvalue weighted by atomic mass is 9.98. The standard InChI is InChI=1S/C24H39N5O3/c1-24(2,25)18-27-21(12-8-11-19-9-4-3-5-10-19)22-20(17-28-29-22)13-16-32-23(31)26-14-6-7-15-30/h3-5,9-10,17,21,27,30H,6-8,11-16,18,25H2,1-2H3,(H,26,31)(H,28,29).